The van der Waals surface area contributed by atoms with E-state index >= 15 is 0 Å². The predicted molar refractivity (Wildman–Crippen MR) is 54.3 cm³/mol. The molecular formula is C10H15N3O2. The van der Waals surface area contributed by atoms with Crippen molar-refractivity contribution in [3.63, 3.8) is 0 Å². The van der Waals surface area contributed by atoms with E-state index in [4.69, 9.17) is 4.74 Å². The Morgan fingerprint density at radius 2 is 2.33 bits per heavy atom. The fourth-order valence-electron chi connectivity index (χ4n) is 1.63. The molecule has 0 spiro atoms. The van der Waals surface area contributed by atoms with Crippen LogP contribution in [0.4, 0.5) is 0 Å². The molecule has 1 aliphatic rings. The summed E-state index contributed by atoms with van der Waals surface area (Å²) in [6.07, 6.45) is 4.67. The number of ether oxygens (including phenoxy) is 1. The molecule has 2 rings (SSSR count). The Bertz CT molecular complexity index is 304. The summed E-state index contributed by atoms with van der Waals surface area (Å²) in [6.45, 7) is 2.77. The molecule has 1 amide bonds. The first-order valence-electron chi connectivity index (χ1n) is 5.19. The van der Waals surface area contributed by atoms with Gasteiger partial charge in [-0.25, -0.2) is 4.98 Å². The number of hydrogen-bond donors (Lipinski definition) is 1. The number of hydrogen-bond acceptors (Lipinski definition) is 3. The van der Waals surface area contributed by atoms with Crippen LogP contribution in [0.15, 0.2) is 12.5 Å². The van der Waals surface area contributed by atoms with Crippen LogP contribution in [0, 0.1) is 0 Å². The first-order chi connectivity index (χ1) is 7.36. The fraction of sp³-hybridized carbons (Fsp3) is 0.600. The van der Waals surface area contributed by atoms with E-state index in [2.05, 4.69) is 9.97 Å². The Morgan fingerprint density at radius 1 is 1.53 bits per heavy atom. The lowest BCUT2D eigenvalue weighted by Crippen LogP contribution is -2.40. The highest BCUT2D eigenvalue weighted by molar-refractivity contribution is 5.76. The fourth-order valence-corrected chi connectivity index (χ4v) is 1.63. The lowest BCUT2D eigenvalue weighted by atomic mass is 10.2. The molecule has 0 atom stereocenters. The van der Waals surface area contributed by atoms with Crippen molar-refractivity contribution in [3.8, 4) is 0 Å². The second-order valence-electron chi connectivity index (χ2n) is 3.57. The quantitative estimate of drug-likeness (QED) is 0.773. The van der Waals surface area contributed by atoms with Crippen LogP contribution < -0.4 is 0 Å². The van der Waals surface area contributed by atoms with Crippen LogP contribution in [0.5, 0.6) is 0 Å². The highest BCUT2D eigenvalue weighted by Gasteiger charge is 2.16. The van der Waals surface area contributed by atoms with E-state index in [9.17, 15) is 4.79 Å². The average Bonchev–Trinajstić information content (AvgIpc) is 2.80. The number of amides is 1. The zero-order valence-corrected chi connectivity index (χ0v) is 8.61. The molecule has 1 aromatic rings. The number of aryl methyl sites for hydroxylation is 1. The van der Waals surface area contributed by atoms with Crippen LogP contribution in [0.1, 0.15) is 12.1 Å². The minimum absolute atomic E-state index is 0.202. The summed E-state index contributed by atoms with van der Waals surface area (Å²) in [5, 5.41) is 0. The molecule has 1 N–H and O–H groups in total. The molecule has 1 fully saturated rings. The van der Waals surface area contributed by atoms with Crippen LogP contribution in [0.2, 0.25) is 0 Å². The predicted octanol–water partition coefficient (Wildman–Crippen LogP) is 0.201. The zero-order valence-electron chi connectivity index (χ0n) is 8.61. The van der Waals surface area contributed by atoms with E-state index < -0.39 is 0 Å². The van der Waals surface area contributed by atoms with Crippen molar-refractivity contribution in [2.45, 2.75) is 12.8 Å². The largest absolute Gasteiger partial charge is 0.378 e. The molecule has 0 bridgehead atoms. The average molecular weight is 209 g/mol. The van der Waals surface area contributed by atoms with Gasteiger partial charge in [-0.15, -0.1) is 0 Å². The van der Waals surface area contributed by atoms with Gasteiger partial charge in [0.2, 0.25) is 5.91 Å². The van der Waals surface area contributed by atoms with Crippen LogP contribution in [0.25, 0.3) is 0 Å². The lowest BCUT2D eigenvalue weighted by molar-refractivity contribution is -0.135. The van der Waals surface area contributed by atoms with Gasteiger partial charge in [-0.2, -0.15) is 0 Å². The monoisotopic (exact) mass is 209 g/mol. The molecule has 15 heavy (non-hydrogen) atoms. The Morgan fingerprint density at radius 3 is 3.00 bits per heavy atom. The van der Waals surface area contributed by atoms with E-state index in [-0.39, 0.29) is 5.91 Å². The highest BCUT2D eigenvalue weighted by Crippen LogP contribution is 2.03. The maximum absolute atomic E-state index is 11.7. The first kappa shape index (κ1) is 10.2. The molecular weight excluding hydrogens is 194 g/mol. The first-order valence-corrected chi connectivity index (χ1v) is 5.19. The van der Waals surface area contributed by atoms with Gasteiger partial charge >= 0.3 is 0 Å². The van der Waals surface area contributed by atoms with E-state index in [0.717, 1.165) is 25.2 Å². The molecule has 0 radical (unpaired) electrons. The van der Waals surface area contributed by atoms with E-state index in [1.54, 1.807) is 12.5 Å². The smallest absolute Gasteiger partial charge is 0.223 e. The number of carbonyl (C=O) groups excluding carboxylic acids is 1. The van der Waals surface area contributed by atoms with Crippen molar-refractivity contribution in [3.05, 3.63) is 18.2 Å². The van der Waals surface area contributed by atoms with Gasteiger partial charge in [0.05, 0.1) is 19.5 Å². The molecule has 82 valence electrons. The summed E-state index contributed by atoms with van der Waals surface area (Å²) in [7, 11) is 0. The van der Waals surface area contributed by atoms with Crippen molar-refractivity contribution in [1.82, 2.24) is 14.9 Å². The molecule has 0 unspecified atom stereocenters. The zero-order chi connectivity index (χ0) is 10.5. The maximum atomic E-state index is 11.7. The second kappa shape index (κ2) is 4.93. The molecule has 5 nitrogen and oxygen atoms in total. The van der Waals surface area contributed by atoms with Gasteiger partial charge in [0.25, 0.3) is 0 Å². The summed E-state index contributed by atoms with van der Waals surface area (Å²) in [6, 6.07) is 0. The number of imidazole rings is 1. The summed E-state index contributed by atoms with van der Waals surface area (Å²) < 4.78 is 5.19. The summed E-state index contributed by atoms with van der Waals surface area (Å²) in [4.78, 5) is 20.5. The Kier molecular flexibility index (Phi) is 3.34. The van der Waals surface area contributed by atoms with Gasteiger partial charge in [0.1, 0.15) is 0 Å². The van der Waals surface area contributed by atoms with Crippen molar-refractivity contribution >= 4 is 5.91 Å². The molecule has 1 aromatic heterocycles. The van der Waals surface area contributed by atoms with Crippen molar-refractivity contribution in [2.75, 3.05) is 26.3 Å². The van der Waals surface area contributed by atoms with Crippen LogP contribution >= 0.6 is 0 Å². The third kappa shape index (κ3) is 2.79. The summed E-state index contributed by atoms with van der Waals surface area (Å²) in [5.74, 6) is 0.202. The van der Waals surface area contributed by atoms with Crippen molar-refractivity contribution in [2.24, 2.45) is 0 Å². The third-order valence-corrected chi connectivity index (χ3v) is 2.53. The van der Waals surface area contributed by atoms with Gasteiger partial charge < -0.3 is 14.6 Å². The third-order valence-electron chi connectivity index (χ3n) is 2.53. The topological polar surface area (TPSA) is 58.2 Å². The highest BCUT2D eigenvalue weighted by atomic mass is 16.5. The van der Waals surface area contributed by atoms with Crippen LogP contribution in [0.3, 0.4) is 0 Å². The van der Waals surface area contributed by atoms with Gasteiger partial charge in [0, 0.05) is 31.4 Å². The van der Waals surface area contributed by atoms with Gasteiger partial charge in [0.15, 0.2) is 0 Å². The molecule has 0 aliphatic carbocycles. The van der Waals surface area contributed by atoms with E-state index in [0.29, 0.717) is 19.6 Å². The Balaban J connectivity index is 1.76. The molecule has 5 heteroatoms. The standard InChI is InChI=1S/C10H15N3O2/c14-10(13-3-5-15-6-4-13)2-1-9-7-11-8-12-9/h7-8H,1-6H2,(H,11,12). The molecule has 1 aliphatic heterocycles. The van der Waals surface area contributed by atoms with E-state index in [1.165, 1.54) is 0 Å². The van der Waals surface area contributed by atoms with Crippen LogP contribution in [-0.2, 0) is 16.0 Å². The number of morpholine rings is 1. The number of aromatic nitrogens is 2. The second-order valence-corrected chi connectivity index (χ2v) is 3.57. The summed E-state index contributed by atoms with van der Waals surface area (Å²) in [5.41, 5.74) is 1.01. The maximum Gasteiger partial charge on any atom is 0.223 e. The van der Waals surface area contributed by atoms with Crippen molar-refractivity contribution < 1.29 is 9.53 Å². The van der Waals surface area contributed by atoms with Crippen LogP contribution in [-0.4, -0.2) is 47.1 Å². The number of nitrogens with zero attached hydrogens (tertiary/aromatic N) is 2. The normalized spacial score (nSPS) is 16.7. The molecule has 1 saturated heterocycles. The number of aromatic amines is 1. The number of carbonyl (C=O) groups is 1. The molecule has 0 aromatic carbocycles. The van der Waals surface area contributed by atoms with Gasteiger partial charge in [-0.3, -0.25) is 4.79 Å². The van der Waals surface area contributed by atoms with E-state index in [1.807, 2.05) is 4.90 Å². The lowest BCUT2D eigenvalue weighted by Gasteiger charge is -2.26. The SMILES string of the molecule is O=C(CCc1cnc[nH]1)N1CCOCC1. The minimum atomic E-state index is 0.202. The Labute approximate surface area is 88.4 Å². The number of nitrogens with one attached hydrogen (secondary N) is 1. The van der Waals surface area contributed by atoms with Gasteiger partial charge in [-0.05, 0) is 6.42 Å². The minimum Gasteiger partial charge on any atom is -0.378 e. The number of rotatable bonds is 3. The molecule has 2 heterocycles. The van der Waals surface area contributed by atoms with Crippen molar-refractivity contribution in [1.29, 1.82) is 0 Å². The molecule has 0 saturated carbocycles. The van der Waals surface area contributed by atoms with Gasteiger partial charge in [-0.1, -0.05) is 0 Å². The number of H-pyrrole nitrogens is 1. The summed E-state index contributed by atoms with van der Waals surface area (Å²) >= 11 is 0. The Hall–Kier alpha value is -1.36.